The molecule has 0 amide bonds. The molecule has 2 heterocycles. The van der Waals surface area contributed by atoms with Gasteiger partial charge in [-0.25, -0.2) is 4.79 Å². The molecule has 2 aromatic rings. The zero-order chi connectivity index (χ0) is 16.3. The molecule has 22 heavy (non-hydrogen) atoms. The zero-order valence-corrected chi connectivity index (χ0v) is 12.2. The van der Waals surface area contributed by atoms with Crippen LogP contribution in [-0.4, -0.2) is 5.60 Å². The average Bonchev–Trinajstić information content (AvgIpc) is 2.33. The highest BCUT2D eigenvalue weighted by Gasteiger charge is 2.35. The van der Waals surface area contributed by atoms with E-state index in [0.29, 0.717) is 17.4 Å². The predicted molar refractivity (Wildman–Crippen MR) is 75.8 cm³/mol. The molecule has 0 atom stereocenters. The lowest BCUT2D eigenvalue weighted by Crippen LogP contribution is -2.28. The summed E-state index contributed by atoms with van der Waals surface area (Å²) in [4.78, 5) is 11.4. The van der Waals surface area contributed by atoms with Gasteiger partial charge in [0.15, 0.2) is 0 Å². The summed E-state index contributed by atoms with van der Waals surface area (Å²) in [6, 6.07) is 3.18. The Labute approximate surface area is 124 Å². The van der Waals surface area contributed by atoms with E-state index in [1.807, 2.05) is 19.9 Å². The van der Waals surface area contributed by atoms with Crippen molar-refractivity contribution in [1.82, 2.24) is 0 Å². The van der Waals surface area contributed by atoms with E-state index in [1.165, 1.54) is 12.1 Å². The molecule has 6 heteroatoms. The molecule has 0 bridgehead atoms. The molecule has 1 aliphatic heterocycles. The van der Waals surface area contributed by atoms with Gasteiger partial charge in [-0.3, -0.25) is 0 Å². The number of alkyl halides is 3. The molecule has 0 saturated carbocycles. The van der Waals surface area contributed by atoms with Crippen LogP contribution in [0, 0.1) is 0 Å². The fourth-order valence-corrected chi connectivity index (χ4v) is 2.73. The van der Waals surface area contributed by atoms with Crippen molar-refractivity contribution in [3.63, 3.8) is 0 Å². The highest BCUT2D eigenvalue weighted by molar-refractivity contribution is 5.88. The molecule has 0 fully saturated rings. The number of halogens is 3. The second-order valence-electron chi connectivity index (χ2n) is 5.85. The Kier molecular flexibility index (Phi) is 2.92. The normalized spacial score (nSPS) is 16.9. The second kappa shape index (κ2) is 4.38. The van der Waals surface area contributed by atoms with Crippen LogP contribution in [0.2, 0.25) is 0 Å². The van der Waals surface area contributed by atoms with Crippen molar-refractivity contribution in [2.45, 2.75) is 32.5 Å². The van der Waals surface area contributed by atoms with Crippen LogP contribution in [0.4, 0.5) is 13.2 Å². The molecule has 0 saturated heterocycles. The van der Waals surface area contributed by atoms with Gasteiger partial charge in [-0.1, -0.05) is 0 Å². The Bertz CT molecular complexity index is 857. The number of hydrogen-bond acceptors (Lipinski definition) is 3. The fourth-order valence-electron chi connectivity index (χ4n) is 2.73. The number of hydrogen-bond donors (Lipinski definition) is 0. The summed E-state index contributed by atoms with van der Waals surface area (Å²) in [5.41, 5.74) is -1.38. The molecule has 0 radical (unpaired) electrons. The number of rotatable bonds is 0. The quantitative estimate of drug-likeness (QED) is 0.678. The van der Waals surface area contributed by atoms with Crippen LogP contribution >= 0.6 is 0 Å². The number of benzene rings is 1. The van der Waals surface area contributed by atoms with E-state index in [1.54, 1.807) is 6.92 Å². The molecule has 116 valence electrons. The molecule has 0 spiro atoms. The minimum Gasteiger partial charge on any atom is -0.483 e. The molecule has 0 aliphatic carbocycles. The molecule has 1 aliphatic rings. The van der Waals surface area contributed by atoms with E-state index in [-0.39, 0.29) is 11.0 Å². The smallest absolute Gasteiger partial charge is 0.417 e. The van der Waals surface area contributed by atoms with Crippen LogP contribution in [0.15, 0.2) is 33.5 Å². The first-order valence-electron chi connectivity index (χ1n) is 6.65. The standard InChI is InChI=1S/C16H13F3O3/c1-8-7-15(2,3)22-13-6-12-10(4-9(8)13)11(16(17,18)19)5-14(20)21-12/h4-7H,1-3H3. The lowest BCUT2D eigenvalue weighted by atomic mass is 9.94. The molecular formula is C16H13F3O3. The zero-order valence-electron chi connectivity index (χ0n) is 12.2. The highest BCUT2D eigenvalue weighted by Crippen LogP contribution is 2.41. The third-order valence-electron chi connectivity index (χ3n) is 3.51. The summed E-state index contributed by atoms with van der Waals surface area (Å²) in [5.74, 6) is 0.403. The van der Waals surface area contributed by atoms with Gasteiger partial charge < -0.3 is 9.15 Å². The maximum atomic E-state index is 13.1. The van der Waals surface area contributed by atoms with E-state index < -0.39 is 23.0 Å². The van der Waals surface area contributed by atoms with Gasteiger partial charge in [0.25, 0.3) is 0 Å². The summed E-state index contributed by atoms with van der Waals surface area (Å²) in [6.07, 6.45) is -2.79. The van der Waals surface area contributed by atoms with Crippen LogP contribution < -0.4 is 10.4 Å². The summed E-state index contributed by atoms with van der Waals surface area (Å²) in [5, 5.41) is -0.151. The van der Waals surface area contributed by atoms with Crippen LogP contribution in [0.25, 0.3) is 16.5 Å². The van der Waals surface area contributed by atoms with Crippen molar-refractivity contribution in [1.29, 1.82) is 0 Å². The van der Waals surface area contributed by atoms with Gasteiger partial charge in [0.05, 0.1) is 5.56 Å². The van der Waals surface area contributed by atoms with Gasteiger partial charge in [0, 0.05) is 23.1 Å². The first-order chi connectivity index (χ1) is 10.1. The van der Waals surface area contributed by atoms with Gasteiger partial charge in [-0.05, 0) is 38.5 Å². The van der Waals surface area contributed by atoms with Crippen molar-refractivity contribution < 1.29 is 22.3 Å². The SMILES string of the molecule is CC1=CC(C)(C)Oc2cc3oc(=O)cc(C(F)(F)F)c3cc21. The largest absolute Gasteiger partial charge is 0.483 e. The van der Waals surface area contributed by atoms with Crippen molar-refractivity contribution in [3.05, 3.63) is 45.8 Å². The van der Waals surface area contributed by atoms with Gasteiger partial charge in [-0.15, -0.1) is 0 Å². The van der Waals surface area contributed by atoms with Gasteiger partial charge >= 0.3 is 11.8 Å². The Morgan fingerprint density at radius 2 is 1.82 bits per heavy atom. The Morgan fingerprint density at radius 3 is 2.45 bits per heavy atom. The van der Waals surface area contributed by atoms with E-state index in [0.717, 1.165) is 5.57 Å². The topological polar surface area (TPSA) is 39.4 Å². The van der Waals surface area contributed by atoms with Crippen LogP contribution in [0.3, 0.4) is 0 Å². The van der Waals surface area contributed by atoms with Crippen molar-refractivity contribution in [2.75, 3.05) is 0 Å². The molecular weight excluding hydrogens is 297 g/mol. The highest BCUT2D eigenvalue weighted by atomic mass is 19.4. The molecule has 3 nitrogen and oxygen atoms in total. The summed E-state index contributed by atoms with van der Waals surface area (Å²) >= 11 is 0. The van der Waals surface area contributed by atoms with E-state index >= 15 is 0 Å². The van der Waals surface area contributed by atoms with Crippen molar-refractivity contribution >= 4 is 16.5 Å². The summed E-state index contributed by atoms with van der Waals surface area (Å²) in [6.45, 7) is 5.49. The summed E-state index contributed by atoms with van der Waals surface area (Å²) < 4.78 is 50.0. The van der Waals surface area contributed by atoms with E-state index in [4.69, 9.17) is 9.15 Å². The first kappa shape index (κ1) is 14.7. The first-order valence-corrected chi connectivity index (χ1v) is 6.65. The average molecular weight is 310 g/mol. The number of ether oxygens (including phenoxy) is 1. The van der Waals surface area contributed by atoms with Crippen molar-refractivity contribution in [3.8, 4) is 5.75 Å². The van der Waals surface area contributed by atoms with Crippen LogP contribution in [0.5, 0.6) is 5.75 Å². The minimum atomic E-state index is -4.63. The van der Waals surface area contributed by atoms with E-state index in [9.17, 15) is 18.0 Å². The monoisotopic (exact) mass is 310 g/mol. The third-order valence-corrected chi connectivity index (χ3v) is 3.51. The number of fused-ring (bicyclic) bond motifs is 2. The Morgan fingerprint density at radius 1 is 1.14 bits per heavy atom. The second-order valence-corrected chi connectivity index (χ2v) is 5.85. The van der Waals surface area contributed by atoms with Crippen LogP contribution in [-0.2, 0) is 6.18 Å². The lowest BCUT2D eigenvalue weighted by Gasteiger charge is -2.30. The molecule has 3 rings (SSSR count). The summed E-state index contributed by atoms with van der Waals surface area (Å²) in [7, 11) is 0. The molecule has 0 unspecified atom stereocenters. The lowest BCUT2D eigenvalue weighted by molar-refractivity contribution is -0.136. The van der Waals surface area contributed by atoms with Crippen LogP contribution in [0.1, 0.15) is 31.9 Å². The molecule has 0 N–H and O–H groups in total. The minimum absolute atomic E-state index is 0.135. The fraction of sp³-hybridized carbons (Fsp3) is 0.312. The maximum absolute atomic E-state index is 13.1. The van der Waals surface area contributed by atoms with Crippen molar-refractivity contribution in [2.24, 2.45) is 0 Å². The van der Waals surface area contributed by atoms with Gasteiger partial charge in [0.1, 0.15) is 16.9 Å². The van der Waals surface area contributed by atoms with Gasteiger partial charge in [0.2, 0.25) is 0 Å². The third kappa shape index (κ3) is 2.38. The molecule has 1 aromatic carbocycles. The van der Waals surface area contributed by atoms with Gasteiger partial charge in [-0.2, -0.15) is 13.2 Å². The Hall–Kier alpha value is -2.24. The predicted octanol–water partition coefficient (Wildman–Crippen LogP) is 4.39. The Balaban J connectivity index is 2.37. The number of allylic oxidation sites excluding steroid dienone is 1. The molecule has 1 aromatic heterocycles. The van der Waals surface area contributed by atoms with E-state index in [2.05, 4.69) is 0 Å². The maximum Gasteiger partial charge on any atom is 0.417 e.